The standard InChI is InChI=1S/C14H20N2O2S3/c1-10-8-14(20-13(10)9-15-3)21(17,18)16(4)11(2)12-6-5-7-19-12/h5-8,11,15H,9H2,1-4H3. The van der Waals surface area contributed by atoms with Crippen LogP contribution in [-0.2, 0) is 16.6 Å². The highest BCUT2D eigenvalue weighted by atomic mass is 32.2. The molecule has 0 aromatic carbocycles. The maximum atomic E-state index is 12.8. The van der Waals surface area contributed by atoms with Crippen molar-refractivity contribution in [3.05, 3.63) is 38.9 Å². The molecule has 1 N–H and O–H groups in total. The van der Waals surface area contributed by atoms with Crippen LogP contribution in [0.1, 0.15) is 28.3 Å². The number of sulfonamides is 1. The van der Waals surface area contributed by atoms with Crippen molar-refractivity contribution in [2.24, 2.45) is 0 Å². The quantitative estimate of drug-likeness (QED) is 0.875. The smallest absolute Gasteiger partial charge is 0.252 e. The number of hydrogen-bond acceptors (Lipinski definition) is 5. The van der Waals surface area contributed by atoms with Gasteiger partial charge in [0.05, 0.1) is 6.04 Å². The lowest BCUT2D eigenvalue weighted by Crippen LogP contribution is -2.28. The van der Waals surface area contributed by atoms with Crippen LogP contribution < -0.4 is 5.32 Å². The molecule has 0 saturated carbocycles. The summed E-state index contributed by atoms with van der Waals surface area (Å²) in [5, 5.41) is 5.03. The highest BCUT2D eigenvalue weighted by Crippen LogP contribution is 2.33. The third kappa shape index (κ3) is 3.37. The monoisotopic (exact) mass is 344 g/mol. The largest absolute Gasteiger partial charge is 0.315 e. The number of rotatable bonds is 6. The number of aryl methyl sites for hydroxylation is 1. The number of thiophene rings is 2. The first kappa shape index (κ1) is 16.6. The fraction of sp³-hybridized carbons (Fsp3) is 0.429. The summed E-state index contributed by atoms with van der Waals surface area (Å²) in [4.78, 5) is 2.11. The van der Waals surface area contributed by atoms with Gasteiger partial charge in [-0.1, -0.05) is 6.07 Å². The maximum Gasteiger partial charge on any atom is 0.252 e. The second kappa shape index (κ2) is 6.58. The third-order valence-corrected chi connectivity index (χ3v) is 8.13. The molecule has 116 valence electrons. The van der Waals surface area contributed by atoms with Gasteiger partial charge in [0.25, 0.3) is 10.0 Å². The number of nitrogens with one attached hydrogen (secondary N) is 1. The first-order valence-electron chi connectivity index (χ1n) is 6.63. The van der Waals surface area contributed by atoms with Crippen molar-refractivity contribution in [1.82, 2.24) is 9.62 Å². The van der Waals surface area contributed by atoms with E-state index < -0.39 is 10.0 Å². The Bertz CT molecular complexity index is 690. The molecule has 0 aliphatic heterocycles. The normalized spacial score (nSPS) is 13.8. The van der Waals surface area contributed by atoms with Crippen molar-refractivity contribution in [1.29, 1.82) is 0 Å². The van der Waals surface area contributed by atoms with Gasteiger partial charge in [-0.25, -0.2) is 8.42 Å². The Kier molecular flexibility index (Phi) is 5.21. The molecule has 2 rings (SSSR count). The zero-order chi connectivity index (χ0) is 15.6. The van der Waals surface area contributed by atoms with Crippen LogP contribution in [0.5, 0.6) is 0 Å². The molecule has 0 aliphatic rings. The lowest BCUT2D eigenvalue weighted by atomic mass is 10.3. The Morgan fingerprint density at radius 1 is 1.43 bits per heavy atom. The van der Waals surface area contributed by atoms with E-state index in [0.29, 0.717) is 10.8 Å². The summed E-state index contributed by atoms with van der Waals surface area (Å²) in [5.74, 6) is 0. The average molecular weight is 345 g/mol. The van der Waals surface area contributed by atoms with Crippen molar-refractivity contribution in [2.75, 3.05) is 14.1 Å². The van der Waals surface area contributed by atoms with Gasteiger partial charge in [-0.3, -0.25) is 0 Å². The minimum Gasteiger partial charge on any atom is -0.315 e. The average Bonchev–Trinajstić information content (AvgIpc) is 3.08. The summed E-state index contributed by atoms with van der Waals surface area (Å²) in [5.41, 5.74) is 1.02. The van der Waals surface area contributed by atoms with Crippen LogP contribution >= 0.6 is 22.7 Å². The summed E-state index contributed by atoms with van der Waals surface area (Å²) in [7, 11) is 0.0513. The highest BCUT2D eigenvalue weighted by molar-refractivity contribution is 7.91. The summed E-state index contributed by atoms with van der Waals surface area (Å²) in [6.07, 6.45) is 0. The van der Waals surface area contributed by atoms with E-state index >= 15 is 0 Å². The van der Waals surface area contributed by atoms with Gasteiger partial charge < -0.3 is 5.32 Å². The lowest BCUT2D eigenvalue weighted by molar-refractivity contribution is 0.404. The van der Waals surface area contributed by atoms with Gasteiger partial charge in [0.1, 0.15) is 4.21 Å². The van der Waals surface area contributed by atoms with E-state index in [4.69, 9.17) is 0 Å². The molecule has 1 unspecified atom stereocenters. The Labute approximate surface area is 134 Å². The predicted octanol–water partition coefficient (Wildman–Crippen LogP) is 3.22. The Balaban J connectivity index is 2.31. The maximum absolute atomic E-state index is 12.8. The summed E-state index contributed by atoms with van der Waals surface area (Å²) in [6, 6.07) is 5.51. The van der Waals surface area contributed by atoms with Gasteiger partial charge in [-0.05, 0) is 44.0 Å². The molecule has 0 bridgehead atoms. The second-order valence-electron chi connectivity index (χ2n) is 4.91. The zero-order valence-corrected chi connectivity index (χ0v) is 15.0. The molecule has 2 aromatic heterocycles. The molecule has 0 radical (unpaired) electrons. The summed E-state index contributed by atoms with van der Waals surface area (Å²) >= 11 is 2.92. The molecule has 0 amide bonds. The van der Waals surface area contributed by atoms with Crippen LogP contribution in [0.4, 0.5) is 0 Å². The zero-order valence-electron chi connectivity index (χ0n) is 12.6. The SMILES string of the molecule is CNCc1sc(S(=O)(=O)N(C)C(C)c2cccs2)cc1C. The molecule has 4 nitrogen and oxygen atoms in total. The first-order valence-corrected chi connectivity index (χ1v) is 9.77. The highest BCUT2D eigenvalue weighted by Gasteiger charge is 2.28. The molecule has 1 atom stereocenters. The van der Waals surface area contributed by atoms with Gasteiger partial charge in [-0.15, -0.1) is 22.7 Å². The van der Waals surface area contributed by atoms with Crippen LogP contribution in [-0.4, -0.2) is 26.8 Å². The second-order valence-corrected chi connectivity index (χ2v) is 9.25. The fourth-order valence-corrected chi connectivity index (χ4v) is 6.03. The van der Waals surface area contributed by atoms with Crippen LogP contribution in [0.2, 0.25) is 0 Å². The van der Waals surface area contributed by atoms with E-state index in [2.05, 4.69) is 5.32 Å². The van der Waals surface area contributed by atoms with Crippen molar-refractivity contribution >= 4 is 32.7 Å². The van der Waals surface area contributed by atoms with E-state index in [1.54, 1.807) is 24.5 Å². The number of nitrogens with zero attached hydrogens (tertiary/aromatic N) is 1. The molecule has 21 heavy (non-hydrogen) atoms. The molecule has 0 spiro atoms. The summed E-state index contributed by atoms with van der Waals surface area (Å²) in [6.45, 7) is 4.56. The first-order chi connectivity index (χ1) is 9.87. The van der Waals surface area contributed by atoms with Gasteiger partial charge in [0.15, 0.2) is 0 Å². The van der Waals surface area contributed by atoms with Gasteiger partial charge >= 0.3 is 0 Å². The van der Waals surface area contributed by atoms with E-state index in [-0.39, 0.29) is 6.04 Å². The lowest BCUT2D eigenvalue weighted by Gasteiger charge is -2.22. The molecule has 2 heterocycles. The van der Waals surface area contributed by atoms with E-state index in [9.17, 15) is 8.42 Å². The van der Waals surface area contributed by atoms with E-state index in [1.165, 1.54) is 15.6 Å². The third-order valence-electron chi connectivity index (χ3n) is 3.47. The van der Waals surface area contributed by atoms with Gasteiger partial charge in [-0.2, -0.15) is 4.31 Å². The van der Waals surface area contributed by atoms with Crippen molar-refractivity contribution in [2.45, 2.75) is 30.6 Å². The number of hydrogen-bond donors (Lipinski definition) is 1. The Hall–Kier alpha value is -0.730. The van der Waals surface area contributed by atoms with Gasteiger partial charge in [0, 0.05) is 23.3 Å². The minimum absolute atomic E-state index is 0.162. The van der Waals surface area contributed by atoms with E-state index in [0.717, 1.165) is 15.3 Å². The molecule has 2 aromatic rings. The Morgan fingerprint density at radius 3 is 2.71 bits per heavy atom. The molecular weight excluding hydrogens is 324 g/mol. The van der Waals surface area contributed by atoms with Crippen LogP contribution in [0.25, 0.3) is 0 Å². The van der Waals surface area contributed by atoms with Crippen LogP contribution in [0, 0.1) is 6.92 Å². The molecule has 0 aliphatic carbocycles. The topological polar surface area (TPSA) is 49.4 Å². The minimum atomic E-state index is -3.45. The fourth-order valence-electron chi connectivity index (χ4n) is 2.01. The predicted molar refractivity (Wildman–Crippen MR) is 89.5 cm³/mol. The summed E-state index contributed by atoms with van der Waals surface area (Å²) < 4.78 is 27.4. The molecule has 0 saturated heterocycles. The van der Waals surface area contributed by atoms with Crippen LogP contribution in [0.3, 0.4) is 0 Å². The molecular formula is C14H20N2O2S3. The van der Waals surface area contributed by atoms with Crippen LogP contribution in [0.15, 0.2) is 27.8 Å². The molecule has 0 fully saturated rings. The Morgan fingerprint density at radius 2 is 2.14 bits per heavy atom. The van der Waals surface area contributed by atoms with E-state index in [1.807, 2.05) is 38.4 Å². The van der Waals surface area contributed by atoms with Crippen molar-refractivity contribution < 1.29 is 8.42 Å². The molecule has 7 heteroatoms. The van der Waals surface area contributed by atoms with Crippen molar-refractivity contribution in [3.63, 3.8) is 0 Å². The van der Waals surface area contributed by atoms with Crippen molar-refractivity contribution in [3.8, 4) is 0 Å². The van der Waals surface area contributed by atoms with Gasteiger partial charge in [0.2, 0.25) is 0 Å².